The summed E-state index contributed by atoms with van der Waals surface area (Å²) in [4.78, 5) is 22.8. The molecule has 0 aromatic heterocycles. The predicted molar refractivity (Wildman–Crippen MR) is 67.5 cm³/mol. The fourth-order valence-corrected chi connectivity index (χ4v) is 3.05. The Morgan fingerprint density at radius 3 is 2.58 bits per heavy atom. The van der Waals surface area contributed by atoms with E-state index in [1.807, 2.05) is 6.92 Å². The molecule has 1 aliphatic carbocycles. The third-order valence-corrected chi connectivity index (χ3v) is 4.23. The molecule has 5 heteroatoms. The molecule has 0 unspecified atom stereocenters. The standard InChI is InChI=1S/C14H22O5/c1-8-5-10(6-12(19-8)9-3-4-9)11(14(16)17)7-13(15)18-2/h8-12H,3-7H2,1-2H3,(H,16,17)/t8-,10+,11+,12+/m1/s1. The van der Waals surface area contributed by atoms with E-state index in [2.05, 4.69) is 4.74 Å². The molecule has 108 valence electrons. The second-order valence-corrected chi connectivity index (χ2v) is 5.78. The number of aliphatic carboxylic acids is 1. The maximum atomic E-state index is 11.4. The highest BCUT2D eigenvalue weighted by molar-refractivity contribution is 5.79. The normalized spacial score (nSPS) is 32.6. The highest BCUT2D eigenvalue weighted by Crippen LogP contribution is 2.43. The monoisotopic (exact) mass is 270 g/mol. The van der Waals surface area contributed by atoms with Crippen molar-refractivity contribution in [3.05, 3.63) is 0 Å². The molecule has 2 fully saturated rings. The minimum absolute atomic E-state index is 0.00551. The number of hydrogen-bond donors (Lipinski definition) is 1. The topological polar surface area (TPSA) is 72.8 Å². The van der Waals surface area contributed by atoms with E-state index in [9.17, 15) is 14.7 Å². The Balaban J connectivity index is 2.02. The second kappa shape index (κ2) is 5.90. The van der Waals surface area contributed by atoms with Crippen LogP contribution in [0.4, 0.5) is 0 Å². The average Bonchev–Trinajstić information content (AvgIpc) is 3.18. The summed E-state index contributed by atoms with van der Waals surface area (Å²) in [5, 5.41) is 9.35. The van der Waals surface area contributed by atoms with Crippen molar-refractivity contribution < 1.29 is 24.2 Å². The van der Waals surface area contributed by atoms with Crippen LogP contribution in [0.2, 0.25) is 0 Å². The Morgan fingerprint density at radius 1 is 1.37 bits per heavy atom. The van der Waals surface area contributed by atoms with Crippen LogP contribution in [-0.2, 0) is 19.1 Å². The molecule has 1 heterocycles. The zero-order valence-corrected chi connectivity index (χ0v) is 11.5. The number of methoxy groups -OCH3 is 1. The Bertz CT molecular complexity index is 350. The zero-order chi connectivity index (χ0) is 14.0. The summed E-state index contributed by atoms with van der Waals surface area (Å²) < 4.78 is 10.5. The van der Waals surface area contributed by atoms with Crippen LogP contribution in [0.1, 0.15) is 39.0 Å². The van der Waals surface area contributed by atoms with Gasteiger partial charge in [-0.25, -0.2) is 0 Å². The van der Waals surface area contributed by atoms with E-state index < -0.39 is 17.9 Å². The van der Waals surface area contributed by atoms with E-state index in [-0.39, 0.29) is 24.5 Å². The maximum Gasteiger partial charge on any atom is 0.307 e. The van der Waals surface area contributed by atoms with Crippen molar-refractivity contribution in [3.8, 4) is 0 Å². The molecule has 1 N–H and O–H groups in total. The summed E-state index contributed by atoms with van der Waals surface area (Å²) in [5.74, 6) is -1.41. The highest BCUT2D eigenvalue weighted by Gasteiger charge is 2.42. The van der Waals surface area contributed by atoms with E-state index in [1.54, 1.807) is 0 Å². The molecule has 2 rings (SSSR count). The lowest BCUT2D eigenvalue weighted by molar-refractivity contribution is -0.156. The molecule has 0 radical (unpaired) electrons. The average molecular weight is 270 g/mol. The molecular formula is C14H22O5. The lowest BCUT2D eigenvalue weighted by Gasteiger charge is -2.36. The van der Waals surface area contributed by atoms with Gasteiger partial charge in [0, 0.05) is 0 Å². The van der Waals surface area contributed by atoms with Crippen molar-refractivity contribution in [2.45, 2.75) is 51.2 Å². The molecule has 0 aromatic carbocycles. The van der Waals surface area contributed by atoms with Crippen molar-refractivity contribution in [2.75, 3.05) is 7.11 Å². The van der Waals surface area contributed by atoms with Crippen LogP contribution in [0.5, 0.6) is 0 Å². The number of carboxylic acids is 1. The van der Waals surface area contributed by atoms with Crippen LogP contribution in [0.25, 0.3) is 0 Å². The van der Waals surface area contributed by atoms with E-state index in [4.69, 9.17) is 4.74 Å². The largest absolute Gasteiger partial charge is 0.481 e. The Morgan fingerprint density at radius 2 is 2.05 bits per heavy atom. The van der Waals surface area contributed by atoms with Crippen LogP contribution < -0.4 is 0 Å². The number of carbonyl (C=O) groups excluding carboxylic acids is 1. The van der Waals surface area contributed by atoms with Gasteiger partial charge in [-0.3, -0.25) is 9.59 Å². The molecule has 1 saturated carbocycles. The summed E-state index contributed by atoms with van der Waals surface area (Å²) in [5.41, 5.74) is 0. The zero-order valence-electron chi connectivity index (χ0n) is 11.5. The van der Waals surface area contributed by atoms with Crippen molar-refractivity contribution in [1.82, 2.24) is 0 Å². The van der Waals surface area contributed by atoms with Crippen molar-refractivity contribution >= 4 is 11.9 Å². The summed E-state index contributed by atoms with van der Waals surface area (Å²) >= 11 is 0. The molecule has 0 aromatic rings. The lowest BCUT2D eigenvalue weighted by atomic mass is 9.79. The summed E-state index contributed by atoms with van der Waals surface area (Å²) in [6, 6.07) is 0. The molecule has 0 amide bonds. The predicted octanol–water partition coefficient (Wildman–Crippen LogP) is 1.84. The summed E-state index contributed by atoms with van der Waals surface area (Å²) in [6.07, 6.45) is 4.02. The molecule has 19 heavy (non-hydrogen) atoms. The molecule has 4 atom stereocenters. The van der Waals surface area contributed by atoms with Gasteiger partial charge in [0.05, 0.1) is 31.7 Å². The smallest absolute Gasteiger partial charge is 0.307 e. The van der Waals surface area contributed by atoms with Gasteiger partial charge in [0.15, 0.2) is 0 Å². The van der Waals surface area contributed by atoms with Gasteiger partial charge < -0.3 is 14.6 Å². The van der Waals surface area contributed by atoms with E-state index in [0.29, 0.717) is 12.3 Å². The third-order valence-electron chi connectivity index (χ3n) is 4.23. The Hall–Kier alpha value is -1.10. The third kappa shape index (κ3) is 3.69. The number of carbonyl (C=O) groups is 2. The molecule has 0 spiro atoms. The van der Waals surface area contributed by atoms with Gasteiger partial charge in [0.25, 0.3) is 0 Å². The summed E-state index contributed by atoms with van der Waals surface area (Å²) in [6.45, 7) is 1.98. The molecular weight excluding hydrogens is 248 g/mol. The molecule has 2 aliphatic rings. The Kier molecular flexibility index (Phi) is 4.45. The van der Waals surface area contributed by atoms with Crippen LogP contribution in [0.15, 0.2) is 0 Å². The molecule has 1 aliphatic heterocycles. The fraction of sp³-hybridized carbons (Fsp3) is 0.857. The van der Waals surface area contributed by atoms with Crippen LogP contribution in [0.3, 0.4) is 0 Å². The van der Waals surface area contributed by atoms with Crippen molar-refractivity contribution in [1.29, 1.82) is 0 Å². The van der Waals surface area contributed by atoms with Crippen molar-refractivity contribution in [2.24, 2.45) is 17.8 Å². The first-order valence-corrected chi connectivity index (χ1v) is 6.96. The van der Waals surface area contributed by atoms with Gasteiger partial charge in [-0.1, -0.05) is 0 Å². The number of hydrogen-bond acceptors (Lipinski definition) is 4. The van der Waals surface area contributed by atoms with E-state index >= 15 is 0 Å². The Labute approximate surface area is 113 Å². The van der Waals surface area contributed by atoms with Crippen LogP contribution in [-0.4, -0.2) is 36.4 Å². The SMILES string of the molecule is COC(=O)C[C@H](C(=O)O)[C@H]1C[C@@H](C)O[C@H](C2CC2)C1. The molecule has 5 nitrogen and oxygen atoms in total. The lowest BCUT2D eigenvalue weighted by Crippen LogP contribution is -2.38. The van der Waals surface area contributed by atoms with Crippen LogP contribution in [0, 0.1) is 17.8 Å². The minimum Gasteiger partial charge on any atom is -0.481 e. The van der Waals surface area contributed by atoms with Gasteiger partial charge in [-0.2, -0.15) is 0 Å². The number of esters is 1. The van der Waals surface area contributed by atoms with E-state index in [1.165, 1.54) is 20.0 Å². The first-order valence-electron chi connectivity index (χ1n) is 6.96. The first-order chi connectivity index (χ1) is 9.01. The number of rotatable bonds is 5. The quantitative estimate of drug-likeness (QED) is 0.772. The van der Waals surface area contributed by atoms with Crippen LogP contribution >= 0.6 is 0 Å². The maximum absolute atomic E-state index is 11.4. The summed E-state index contributed by atoms with van der Waals surface area (Å²) in [7, 11) is 1.29. The highest BCUT2D eigenvalue weighted by atomic mass is 16.5. The van der Waals surface area contributed by atoms with Gasteiger partial charge in [-0.15, -0.1) is 0 Å². The van der Waals surface area contributed by atoms with Gasteiger partial charge in [-0.05, 0) is 44.4 Å². The van der Waals surface area contributed by atoms with Gasteiger partial charge >= 0.3 is 11.9 Å². The molecule has 1 saturated heterocycles. The minimum atomic E-state index is -0.904. The van der Waals surface area contributed by atoms with E-state index in [0.717, 1.165) is 6.42 Å². The number of carboxylic acid groups (broad SMARTS) is 1. The second-order valence-electron chi connectivity index (χ2n) is 5.78. The first kappa shape index (κ1) is 14.3. The van der Waals surface area contributed by atoms with Gasteiger partial charge in [0.2, 0.25) is 0 Å². The van der Waals surface area contributed by atoms with Gasteiger partial charge in [0.1, 0.15) is 0 Å². The van der Waals surface area contributed by atoms with Crippen molar-refractivity contribution in [3.63, 3.8) is 0 Å². The fourth-order valence-electron chi connectivity index (χ4n) is 3.05. The molecule has 0 bridgehead atoms. The number of ether oxygens (including phenoxy) is 2.